The van der Waals surface area contributed by atoms with Crippen molar-refractivity contribution in [2.45, 2.75) is 40.8 Å². The SMILES string of the molecule is CC1=[C-]C(C)C(C)=C1C.C[Si](C)=[Zr+2].c1ccc2[cH-]ccc2c1. The molecule has 0 spiro atoms. The number of allylic oxidation sites excluding steroid dienone is 4. The second-order valence-electron chi connectivity index (χ2n) is 5.95. The van der Waals surface area contributed by atoms with Gasteiger partial charge in [-0.05, 0) is 0 Å². The molecule has 1 aliphatic rings. The Balaban J connectivity index is 0.000000179. The fourth-order valence-electron chi connectivity index (χ4n) is 2.23. The minimum absolute atomic E-state index is 0.210. The Morgan fingerprint density at radius 2 is 1.68 bits per heavy atom. The first-order chi connectivity index (χ1) is 10.3. The number of rotatable bonds is 0. The van der Waals surface area contributed by atoms with Crippen molar-refractivity contribution in [1.29, 1.82) is 0 Å². The van der Waals surface area contributed by atoms with Crippen LogP contribution < -0.4 is 0 Å². The van der Waals surface area contributed by atoms with E-state index in [1.165, 1.54) is 27.5 Å². The van der Waals surface area contributed by atoms with Crippen LogP contribution in [0.25, 0.3) is 10.8 Å². The summed E-state index contributed by atoms with van der Waals surface area (Å²) in [6, 6.07) is 14.7. The molecule has 0 aromatic heterocycles. The van der Waals surface area contributed by atoms with Crippen molar-refractivity contribution in [2.24, 2.45) is 5.92 Å². The molecule has 0 amide bonds. The van der Waals surface area contributed by atoms with Crippen LogP contribution in [-0.4, -0.2) is 5.43 Å². The molecule has 0 bridgehead atoms. The molecule has 1 unspecified atom stereocenters. The Morgan fingerprint density at radius 3 is 2.09 bits per heavy atom. The van der Waals surface area contributed by atoms with Gasteiger partial charge in [-0.15, -0.1) is 36.6 Å². The van der Waals surface area contributed by atoms with Gasteiger partial charge in [-0.1, -0.05) is 32.8 Å². The molecule has 1 atom stereocenters. The van der Waals surface area contributed by atoms with Gasteiger partial charge in [0.1, 0.15) is 0 Å². The van der Waals surface area contributed by atoms with Gasteiger partial charge in [0.25, 0.3) is 0 Å². The third-order valence-electron chi connectivity index (χ3n) is 3.78. The molecule has 1 aliphatic carbocycles. The van der Waals surface area contributed by atoms with E-state index < -0.39 is 0 Å². The maximum absolute atomic E-state index is 3.36. The Bertz CT molecular complexity index is 654. The van der Waals surface area contributed by atoms with Crippen molar-refractivity contribution < 1.29 is 23.3 Å². The molecule has 0 nitrogen and oxygen atoms in total. The quantitative estimate of drug-likeness (QED) is 0.381. The minimum Gasteiger partial charge on any atom is -0.168 e. The van der Waals surface area contributed by atoms with E-state index in [1.807, 2.05) is 0 Å². The van der Waals surface area contributed by atoms with Crippen molar-refractivity contribution in [3.63, 3.8) is 0 Å². The predicted octanol–water partition coefficient (Wildman–Crippen LogP) is 6.06. The third-order valence-corrected chi connectivity index (χ3v) is 3.78. The van der Waals surface area contributed by atoms with Crippen LogP contribution in [-0.2, 0) is 23.3 Å². The van der Waals surface area contributed by atoms with E-state index in [4.69, 9.17) is 0 Å². The molecule has 0 radical (unpaired) electrons. The molecular weight excluding hydrogens is 360 g/mol. The molecule has 0 saturated heterocycles. The zero-order chi connectivity index (χ0) is 16.7. The van der Waals surface area contributed by atoms with Crippen molar-refractivity contribution in [2.75, 3.05) is 0 Å². The predicted molar refractivity (Wildman–Crippen MR) is 97.0 cm³/mol. The fourth-order valence-corrected chi connectivity index (χ4v) is 2.23. The molecule has 0 N–H and O–H groups in total. The van der Waals surface area contributed by atoms with Crippen LogP contribution in [0.1, 0.15) is 27.7 Å². The minimum atomic E-state index is 0.210. The van der Waals surface area contributed by atoms with Crippen LogP contribution in [0, 0.1) is 12.0 Å². The molecule has 114 valence electrons. The van der Waals surface area contributed by atoms with Crippen LogP contribution in [0.5, 0.6) is 0 Å². The first-order valence-corrected chi connectivity index (χ1v) is 13.9. The summed E-state index contributed by atoms with van der Waals surface area (Å²) in [5.41, 5.74) is 4.46. The zero-order valence-electron chi connectivity index (χ0n) is 14.6. The van der Waals surface area contributed by atoms with Crippen LogP contribution in [0.15, 0.2) is 59.2 Å². The van der Waals surface area contributed by atoms with Crippen LogP contribution in [0.2, 0.25) is 13.1 Å². The average molecular weight is 386 g/mol. The number of hydrogen-bond donors (Lipinski definition) is 0. The van der Waals surface area contributed by atoms with Gasteiger partial charge >= 0.3 is 41.9 Å². The maximum atomic E-state index is 3.36. The monoisotopic (exact) mass is 384 g/mol. The van der Waals surface area contributed by atoms with Crippen molar-refractivity contribution >= 4 is 16.2 Å². The van der Waals surface area contributed by atoms with Gasteiger partial charge in [-0.25, -0.2) is 5.57 Å². The second-order valence-corrected chi connectivity index (χ2v) is 15.3. The number of hydrogen-bond acceptors (Lipinski definition) is 0. The summed E-state index contributed by atoms with van der Waals surface area (Å²) >= 11 is 1.74. The zero-order valence-corrected chi connectivity index (χ0v) is 18.1. The molecule has 2 heteroatoms. The smallest absolute Gasteiger partial charge is 0.0809 e. The Morgan fingerprint density at radius 1 is 1.09 bits per heavy atom. The molecule has 2 aromatic carbocycles. The van der Waals surface area contributed by atoms with Gasteiger partial charge in [0.2, 0.25) is 0 Å². The summed E-state index contributed by atoms with van der Waals surface area (Å²) in [7, 11) is 0. The topological polar surface area (TPSA) is 0 Å². The van der Waals surface area contributed by atoms with Gasteiger partial charge in [0.05, 0.1) is 0 Å². The van der Waals surface area contributed by atoms with E-state index in [2.05, 4.69) is 89.3 Å². The third kappa shape index (κ3) is 6.26. The summed E-state index contributed by atoms with van der Waals surface area (Å²) in [6.45, 7) is 13.3. The fraction of sp³-hybridized carbons (Fsp3) is 0.350. The van der Waals surface area contributed by atoms with Crippen molar-refractivity contribution in [3.8, 4) is 0 Å². The molecule has 2 aromatic rings. The number of benzene rings is 1. The molecule has 22 heavy (non-hydrogen) atoms. The van der Waals surface area contributed by atoms with Crippen molar-refractivity contribution in [3.05, 3.63) is 65.3 Å². The molecule has 0 saturated carbocycles. The Labute approximate surface area is 151 Å². The number of fused-ring (bicyclic) bond motifs is 1. The maximum Gasteiger partial charge on any atom is -0.0809 e. The van der Waals surface area contributed by atoms with Crippen LogP contribution in [0.3, 0.4) is 0 Å². The first-order valence-electron chi connectivity index (χ1n) is 7.73. The van der Waals surface area contributed by atoms with E-state index in [9.17, 15) is 0 Å². The Hall–Kier alpha value is -0.590. The molecule has 3 rings (SSSR count). The van der Waals surface area contributed by atoms with Crippen molar-refractivity contribution in [1.82, 2.24) is 0 Å². The van der Waals surface area contributed by atoms with Gasteiger partial charge in [0, 0.05) is 0 Å². The van der Waals surface area contributed by atoms with E-state index in [0.29, 0.717) is 5.92 Å². The molecule has 0 heterocycles. The van der Waals surface area contributed by atoms with Gasteiger partial charge in [-0.2, -0.15) is 28.7 Å². The summed E-state index contributed by atoms with van der Waals surface area (Å²) in [4.78, 5) is 0. The normalized spacial score (nSPS) is 16.5. The standard InChI is InChI=1S/C9H7.C9H13.C2H6Si.Zr/c1-2-5-9-7-3-6-8(9)4-1;1-6-5-7(2)9(4)8(6)3;1-3-2;/h1-7H;6H,1-4H3;1-2H3;/q2*-1;;+2. The van der Waals surface area contributed by atoms with Crippen LogP contribution in [0.4, 0.5) is 0 Å². The molecule has 0 aliphatic heterocycles. The largest absolute Gasteiger partial charge is 0.168 e. The van der Waals surface area contributed by atoms with Gasteiger partial charge in [0.15, 0.2) is 0 Å². The summed E-state index contributed by atoms with van der Waals surface area (Å²) < 4.78 is 0. The van der Waals surface area contributed by atoms with E-state index in [-0.39, 0.29) is 5.43 Å². The van der Waals surface area contributed by atoms with Gasteiger partial charge < -0.3 is 0 Å². The average Bonchev–Trinajstić information content (AvgIpc) is 3.01. The summed E-state index contributed by atoms with van der Waals surface area (Å²) in [5, 5.41) is 2.66. The molecular formula is C20H26SiZr. The Kier molecular flexibility index (Phi) is 8.43. The van der Waals surface area contributed by atoms with E-state index in [1.54, 1.807) is 23.3 Å². The van der Waals surface area contributed by atoms with E-state index >= 15 is 0 Å². The second kappa shape index (κ2) is 9.53. The van der Waals surface area contributed by atoms with Crippen LogP contribution >= 0.6 is 0 Å². The molecule has 0 fully saturated rings. The first kappa shape index (κ1) is 19.5. The summed E-state index contributed by atoms with van der Waals surface area (Å²) in [6.07, 6.45) is 3.36. The van der Waals surface area contributed by atoms with E-state index in [0.717, 1.165) is 0 Å². The summed E-state index contributed by atoms with van der Waals surface area (Å²) in [5.74, 6) is 0.560. The van der Waals surface area contributed by atoms with Gasteiger partial charge in [-0.3, -0.25) is 6.08 Å².